The second kappa shape index (κ2) is 5.27. The molecule has 0 atom stereocenters. The number of hydrogen-bond acceptors (Lipinski definition) is 6. The van der Waals surface area contributed by atoms with Crippen molar-refractivity contribution in [3.63, 3.8) is 0 Å². The zero-order valence-corrected chi connectivity index (χ0v) is 12.8. The molecule has 110 valence electrons. The second-order valence-electron chi connectivity index (χ2n) is 5.55. The second-order valence-corrected chi connectivity index (χ2v) is 6.55. The number of fused-ring (bicyclic) bond motifs is 1. The topological polar surface area (TPSA) is 41.5 Å². The van der Waals surface area contributed by atoms with Crippen LogP contribution in [0.5, 0.6) is 5.88 Å². The van der Waals surface area contributed by atoms with Crippen molar-refractivity contribution >= 4 is 17.3 Å². The van der Waals surface area contributed by atoms with Gasteiger partial charge in [0, 0.05) is 49.4 Å². The summed E-state index contributed by atoms with van der Waals surface area (Å²) < 4.78 is 5.16. The van der Waals surface area contributed by atoms with Crippen molar-refractivity contribution in [2.75, 3.05) is 31.6 Å². The van der Waals surface area contributed by atoms with Crippen LogP contribution in [0.25, 0.3) is 0 Å². The van der Waals surface area contributed by atoms with Crippen molar-refractivity contribution in [2.45, 2.75) is 19.0 Å². The number of rotatable bonds is 3. The standard InChI is InChI=1S/C15H18N4OS/c1-20-14-2-5-16-15(17-14)19-9-12(10-19)18-6-3-13-11(8-18)4-7-21-13/h2,4-5,7,12H,3,6,8-10H2,1H3. The van der Waals surface area contributed by atoms with E-state index in [1.165, 1.54) is 18.5 Å². The van der Waals surface area contributed by atoms with E-state index in [1.807, 2.05) is 11.3 Å². The van der Waals surface area contributed by atoms with E-state index in [1.54, 1.807) is 24.3 Å². The van der Waals surface area contributed by atoms with E-state index in [9.17, 15) is 0 Å². The Morgan fingerprint density at radius 1 is 1.33 bits per heavy atom. The molecule has 1 fully saturated rings. The molecule has 2 aliphatic heterocycles. The number of nitrogens with zero attached hydrogens (tertiary/aromatic N) is 4. The molecule has 0 aromatic carbocycles. The molecular weight excluding hydrogens is 284 g/mol. The number of thiophene rings is 1. The summed E-state index contributed by atoms with van der Waals surface area (Å²) in [7, 11) is 1.64. The Balaban J connectivity index is 1.39. The summed E-state index contributed by atoms with van der Waals surface area (Å²) in [5.41, 5.74) is 1.52. The Labute approximate surface area is 128 Å². The van der Waals surface area contributed by atoms with E-state index in [4.69, 9.17) is 4.74 Å². The fourth-order valence-electron chi connectivity index (χ4n) is 3.03. The SMILES string of the molecule is COc1ccnc(N2CC(N3CCc4sccc4C3)C2)n1. The number of methoxy groups -OCH3 is 1. The van der Waals surface area contributed by atoms with Crippen molar-refractivity contribution < 1.29 is 4.74 Å². The normalized spacial score (nSPS) is 19.2. The highest BCUT2D eigenvalue weighted by molar-refractivity contribution is 7.10. The molecule has 0 unspecified atom stereocenters. The van der Waals surface area contributed by atoms with Crippen LogP contribution >= 0.6 is 11.3 Å². The van der Waals surface area contributed by atoms with Crippen LogP contribution in [0.4, 0.5) is 5.95 Å². The van der Waals surface area contributed by atoms with Gasteiger partial charge in [0.05, 0.1) is 7.11 Å². The lowest BCUT2D eigenvalue weighted by Gasteiger charge is -2.46. The summed E-state index contributed by atoms with van der Waals surface area (Å²) in [5, 5.41) is 2.21. The van der Waals surface area contributed by atoms with Gasteiger partial charge in [-0.1, -0.05) is 0 Å². The van der Waals surface area contributed by atoms with Crippen LogP contribution < -0.4 is 9.64 Å². The molecular formula is C15H18N4OS. The average Bonchev–Trinajstić information content (AvgIpc) is 2.93. The summed E-state index contributed by atoms with van der Waals surface area (Å²) in [6, 6.07) is 4.67. The van der Waals surface area contributed by atoms with E-state index in [0.29, 0.717) is 11.9 Å². The first-order chi connectivity index (χ1) is 10.3. The summed E-state index contributed by atoms with van der Waals surface area (Å²) in [5.74, 6) is 1.41. The smallest absolute Gasteiger partial charge is 0.228 e. The number of aromatic nitrogens is 2. The zero-order valence-electron chi connectivity index (χ0n) is 12.0. The molecule has 0 spiro atoms. The van der Waals surface area contributed by atoms with Gasteiger partial charge in [0.15, 0.2) is 0 Å². The molecule has 2 aromatic rings. The van der Waals surface area contributed by atoms with Gasteiger partial charge in [-0.05, 0) is 23.4 Å². The molecule has 21 heavy (non-hydrogen) atoms. The van der Waals surface area contributed by atoms with Crippen molar-refractivity contribution in [1.29, 1.82) is 0 Å². The molecule has 6 heteroatoms. The van der Waals surface area contributed by atoms with Crippen molar-refractivity contribution in [3.05, 3.63) is 34.2 Å². The number of hydrogen-bond donors (Lipinski definition) is 0. The minimum Gasteiger partial charge on any atom is -0.481 e. The fraction of sp³-hybridized carbons (Fsp3) is 0.467. The van der Waals surface area contributed by atoms with Gasteiger partial charge in [0.2, 0.25) is 11.8 Å². The Morgan fingerprint density at radius 3 is 3.10 bits per heavy atom. The van der Waals surface area contributed by atoms with Crippen LogP contribution in [0.3, 0.4) is 0 Å². The van der Waals surface area contributed by atoms with Crippen LogP contribution in [0, 0.1) is 0 Å². The van der Waals surface area contributed by atoms with E-state index in [2.05, 4.69) is 31.2 Å². The van der Waals surface area contributed by atoms with E-state index in [0.717, 1.165) is 25.6 Å². The predicted octanol–water partition coefficient (Wildman–Crippen LogP) is 1.79. The molecule has 0 radical (unpaired) electrons. The fourth-order valence-corrected chi connectivity index (χ4v) is 3.92. The van der Waals surface area contributed by atoms with Gasteiger partial charge in [-0.2, -0.15) is 4.98 Å². The van der Waals surface area contributed by atoms with Gasteiger partial charge in [-0.3, -0.25) is 4.90 Å². The highest BCUT2D eigenvalue weighted by Gasteiger charge is 2.35. The quantitative estimate of drug-likeness (QED) is 0.865. The molecule has 0 saturated carbocycles. The Bertz CT molecular complexity index is 638. The summed E-state index contributed by atoms with van der Waals surface area (Å²) in [6.07, 6.45) is 2.95. The van der Waals surface area contributed by atoms with Gasteiger partial charge < -0.3 is 9.64 Å². The average molecular weight is 302 g/mol. The van der Waals surface area contributed by atoms with Crippen molar-refractivity contribution in [1.82, 2.24) is 14.9 Å². The van der Waals surface area contributed by atoms with E-state index >= 15 is 0 Å². The third-order valence-corrected chi connectivity index (χ3v) is 5.35. The molecule has 1 saturated heterocycles. The maximum atomic E-state index is 5.16. The minimum atomic E-state index is 0.618. The van der Waals surface area contributed by atoms with E-state index in [-0.39, 0.29) is 0 Å². The Morgan fingerprint density at radius 2 is 2.24 bits per heavy atom. The van der Waals surface area contributed by atoms with Gasteiger partial charge in [-0.15, -0.1) is 11.3 Å². The van der Waals surface area contributed by atoms with Crippen LogP contribution in [0.15, 0.2) is 23.7 Å². The minimum absolute atomic E-state index is 0.618. The lowest BCUT2D eigenvalue weighted by Crippen LogP contribution is -2.60. The molecule has 4 heterocycles. The maximum absolute atomic E-state index is 5.16. The monoisotopic (exact) mass is 302 g/mol. The number of ether oxygens (including phenoxy) is 1. The van der Waals surface area contributed by atoms with Gasteiger partial charge >= 0.3 is 0 Å². The predicted molar refractivity (Wildman–Crippen MR) is 83.0 cm³/mol. The first-order valence-corrected chi connectivity index (χ1v) is 8.13. The Hall–Kier alpha value is -1.66. The first kappa shape index (κ1) is 13.0. The molecule has 2 aromatic heterocycles. The molecule has 2 aliphatic rings. The van der Waals surface area contributed by atoms with Crippen molar-refractivity contribution in [2.24, 2.45) is 0 Å². The highest BCUT2D eigenvalue weighted by atomic mass is 32.1. The Kier molecular flexibility index (Phi) is 3.27. The van der Waals surface area contributed by atoms with Crippen LogP contribution in [0.1, 0.15) is 10.4 Å². The summed E-state index contributed by atoms with van der Waals surface area (Å²) >= 11 is 1.90. The first-order valence-electron chi connectivity index (χ1n) is 7.25. The van der Waals surface area contributed by atoms with Crippen LogP contribution in [0.2, 0.25) is 0 Å². The molecule has 0 aliphatic carbocycles. The molecule has 0 bridgehead atoms. The number of anilines is 1. The maximum Gasteiger partial charge on any atom is 0.228 e. The molecule has 4 rings (SSSR count). The van der Waals surface area contributed by atoms with Gasteiger partial charge in [-0.25, -0.2) is 4.98 Å². The molecule has 0 amide bonds. The molecule has 0 N–H and O–H groups in total. The summed E-state index contributed by atoms with van der Waals surface area (Å²) in [4.78, 5) is 15.1. The molecule has 5 nitrogen and oxygen atoms in total. The lowest BCUT2D eigenvalue weighted by molar-refractivity contribution is 0.150. The lowest BCUT2D eigenvalue weighted by atomic mass is 10.0. The third-order valence-electron chi connectivity index (χ3n) is 4.33. The van der Waals surface area contributed by atoms with Crippen LogP contribution in [-0.2, 0) is 13.0 Å². The third kappa shape index (κ3) is 2.38. The highest BCUT2D eigenvalue weighted by Crippen LogP contribution is 2.29. The van der Waals surface area contributed by atoms with E-state index < -0.39 is 0 Å². The van der Waals surface area contributed by atoms with Gasteiger partial charge in [0.25, 0.3) is 0 Å². The van der Waals surface area contributed by atoms with Gasteiger partial charge in [0.1, 0.15) is 0 Å². The van der Waals surface area contributed by atoms with Crippen molar-refractivity contribution in [3.8, 4) is 5.88 Å². The van der Waals surface area contributed by atoms with Crippen LogP contribution in [-0.4, -0.2) is 47.7 Å². The summed E-state index contributed by atoms with van der Waals surface area (Å²) in [6.45, 7) is 4.28. The zero-order chi connectivity index (χ0) is 14.2. The largest absolute Gasteiger partial charge is 0.481 e.